The molecule has 102 valence electrons. The maximum Gasteiger partial charge on any atom is 0.246 e. The van der Waals surface area contributed by atoms with Gasteiger partial charge in [0.15, 0.2) is 0 Å². The zero-order valence-corrected chi connectivity index (χ0v) is 11.5. The molecular weight excluding hydrogens is 264 g/mol. The number of amides is 1. The second kappa shape index (κ2) is 7.18. The Morgan fingerprint density at radius 1 is 1.37 bits per heavy atom. The third kappa shape index (κ3) is 4.27. The van der Waals surface area contributed by atoms with Crippen LogP contribution in [0.25, 0.3) is 10.2 Å². The summed E-state index contributed by atoms with van der Waals surface area (Å²) in [5.74, 6) is -0.143. The Balaban J connectivity index is 1.77. The molecule has 1 aromatic carbocycles. The van der Waals surface area contributed by atoms with Gasteiger partial charge in [-0.15, -0.1) is 11.3 Å². The Bertz CT molecular complexity index is 508. The SMILES string of the molecule is COCCOCC(=O)NCc1nc2ccccc2s1. The number of carbonyl (C=O) groups is 1. The zero-order valence-electron chi connectivity index (χ0n) is 10.7. The topological polar surface area (TPSA) is 60.5 Å². The van der Waals surface area contributed by atoms with Gasteiger partial charge in [-0.1, -0.05) is 12.1 Å². The molecule has 0 spiro atoms. The van der Waals surface area contributed by atoms with Crippen LogP contribution in [0.2, 0.25) is 0 Å². The van der Waals surface area contributed by atoms with Crippen LogP contribution >= 0.6 is 11.3 Å². The monoisotopic (exact) mass is 280 g/mol. The number of nitrogens with one attached hydrogen (secondary N) is 1. The molecular formula is C13H16N2O3S. The van der Waals surface area contributed by atoms with Crippen molar-refractivity contribution in [3.05, 3.63) is 29.3 Å². The molecule has 1 N–H and O–H groups in total. The van der Waals surface area contributed by atoms with Crippen molar-refractivity contribution in [2.75, 3.05) is 26.9 Å². The highest BCUT2D eigenvalue weighted by molar-refractivity contribution is 7.18. The minimum absolute atomic E-state index is 0.0499. The van der Waals surface area contributed by atoms with Gasteiger partial charge in [-0.25, -0.2) is 4.98 Å². The molecule has 0 radical (unpaired) electrons. The number of fused-ring (bicyclic) bond motifs is 1. The first kappa shape index (κ1) is 13.9. The van der Waals surface area contributed by atoms with Crippen LogP contribution < -0.4 is 5.32 Å². The van der Waals surface area contributed by atoms with Crippen LogP contribution in [0.15, 0.2) is 24.3 Å². The first-order valence-electron chi connectivity index (χ1n) is 5.97. The first-order valence-corrected chi connectivity index (χ1v) is 6.79. The van der Waals surface area contributed by atoms with Crippen LogP contribution in [-0.2, 0) is 20.8 Å². The van der Waals surface area contributed by atoms with E-state index in [0.29, 0.717) is 19.8 Å². The summed E-state index contributed by atoms with van der Waals surface area (Å²) in [5.41, 5.74) is 0.966. The molecule has 5 nitrogen and oxygen atoms in total. The molecule has 0 atom stereocenters. The fraction of sp³-hybridized carbons (Fsp3) is 0.385. The second-order valence-corrected chi connectivity index (χ2v) is 5.01. The Labute approximate surface area is 115 Å². The minimum atomic E-state index is -0.143. The molecule has 0 aliphatic rings. The minimum Gasteiger partial charge on any atom is -0.382 e. The Morgan fingerprint density at radius 2 is 2.21 bits per heavy atom. The molecule has 1 amide bonds. The molecule has 6 heteroatoms. The van der Waals surface area contributed by atoms with Crippen LogP contribution in [0.4, 0.5) is 0 Å². The summed E-state index contributed by atoms with van der Waals surface area (Å²) >= 11 is 1.58. The molecule has 0 bridgehead atoms. The summed E-state index contributed by atoms with van der Waals surface area (Å²) in [5, 5.41) is 3.67. The fourth-order valence-electron chi connectivity index (χ4n) is 1.53. The van der Waals surface area contributed by atoms with E-state index in [0.717, 1.165) is 15.2 Å². The van der Waals surface area contributed by atoms with Crippen molar-refractivity contribution < 1.29 is 14.3 Å². The smallest absolute Gasteiger partial charge is 0.246 e. The summed E-state index contributed by atoms with van der Waals surface area (Å²) in [6.07, 6.45) is 0. The average Bonchev–Trinajstić information content (AvgIpc) is 2.84. The summed E-state index contributed by atoms with van der Waals surface area (Å²) < 4.78 is 11.1. The van der Waals surface area contributed by atoms with Gasteiger partial charge in [-0.2, -0.15) is 0 Å². The lowest BCUT2D eigenvalue weighted by atomic mass is 10.3. The molecule has 0 saturated carbocycles. The molecule has 0 unspecified atom stereocenters. The van der Waals surface area contributed by atoms with Gasteiger partial charge in [-0.3, -0.25) is 4.79 Å². The van der Waals surface area contributed by atoms with Gasteiger partial charge in [0.2, 0.25) is 5.91 Å². The first-order chi connectivity index (χ1) is 9.29. The standard InChI is InChI=1S/C13H16N2O3S/c1-17-6-7-18-9-12(16)14-8-13-15-10-4-2-3-5-11(10)19-13/h2-5H,6-9H2,1H3,(H,14,16). The van der Waals surface area contributed by atoms with Gasteiger partial charge in [0.1, 0.15) is 11.6 Å². The molecule has 2 rings (SSSR count). The number of para-hydroxylation sites is 1. The van der Waals surface area contributed by atoms with Crippen molar-refractivity contribution in [1.29, 1.82) is 0 Å². The molecule has 0 fully saturated rings. The van der Waals surface area contributed by atoms with E-state index in [4.69, 9.17) is 9.47 Å². The lowest BCUT2D eigenvalue weighted by Gasteiger charge is -2.04. The van der Waals surface area contributed by atoms with E-state index in [1.165, 1.54) is 0 Å². The molecule has 19 heavy (non-hydrogen) atoms. The van der Waals surface area contributed by atoms with Crippen LogP contribution in [-0.4, -0.2) is 37.8 Å². The van der Waals surface area contributed by atoms with E-state index in [1.54, 1.807) is 18.4 Å². The van der Waals surface area contributed by atoms with Crippen LogP contribution in [0.5, 0.6) is 0 Å². The van der Waals surface area contributed by atoms with E-state index in [-0.39, 0.29) is 12.5 Å². The number of rotatable bonds is 7. The second-order valence-electron chi connectivity index (χ2n) is 3.90. The summed E-state index contributed by atoms with van der Waals surface area (Å²) in [6.45, 7) is 1.40. The number of aromatic nitrogens is 1. The van der Waals surface area contributed by atoms with Gasteiger partial charge in [0.25, 0.3) is 0 Å². The number of nitrogens with zero attached hydrogens (tertiary/aromatic N) is 1. The molecule has 2 aromatic rings. The van der Waals surface area contributed by atoms with E-state index in [2.05, 4.69) is 10.3 Å². The third-order valence-electron chi connectivity index (χ3n) is 2.44. The number of hydrogen-bond donors (Lipinski definition) is 1. The predicted octanol–water partition coefficient (Wildman–Crippen LogP) is 1.58. The van der Waals surface area contributed by atoms with Crippen molar-refractivity contribution >= 4 is 27.5 Å². The molecule has 1 heterocycles. The number of benzene rings is 1. The Hall–Kier alpha value is -1.50. The number of hydrogen-bond acceptors (Lipinski definition) is 5. The van der Waals surface area contributed by atoms with E-state index >= 15 is 0 Å². The fourth-order valence-corrected chi connectivity index (χ4v) is 2.43. The van der Waals surface area contributed by atoms with Gasteiger partial charge >= 0.3 is 0 Å². The maximum atomic E-state index is 11.5. The lowest BCUT2D eigenvalue weighted by Crippen LogP contribution is -2.27. The van der Waals surface area contributed by atoms with Crippen molar-refractivity contribution in [2.24, 2.45) is 0 Å². The lowest BCUT2D eigenvalue weighted by molar-refractivity contribution is -0.126. The zero-order chi connectivity index (χ0) is 13.5. The van der Waals surface area contributed by atoms with Crippen molar-refractivity contribution in [3.63, 3.8) is 0 Å². The highest BCUT2D eigenvalue weighted by Crippen LogP contribution is 2.21. The number of methoxy groups -OCH3 is 1. The highest BCUT2D eigenvalue weighted by atomic mass is 32.1. The maximum absolute atomic E-state index is 11.5. The molecule has 1 aromatic heterocycles. The van der Waals surface area contributed by atoms with E-state index in [1.807, 2.05) is 24.3 Å². The van der Waals surface area contributed by atoms with Crippen LogP contribution in [0, 0.1) is 0 Å². The molecule has 0 aliphatic carbocycles. The van der Waals surface area contributed by atoms with Gasteiger partial charge < -0.3 is 14.8 Å². The summed E-state index contributed by atoms with van der Waals surface area (Å²) in [4.78, 5) is 15.9. The normalized spacial score (nSPS) is 10.8. The molecule has 0 aliphatic heterocycles. The number of carbonyl (C=O) groups excluding carboxylic acids is 1. The number of ether oxygens (including phenoxy) is 2. The summed E-state index contributed by atoms with van der Waals surface area (Å²) in [7, 11) is 1.59. The quantitative estimate of drug-likeness (QED) is 0.782. The highest BCUT2D eigenvalue weighted by Gasteiger charge is 2.05. The van der Waals surface area contributed by atoms with Crippen molar-refractivity contribution in [3.8, 4) is 0 Å². The average molecular weight is 280 g/mol. The van der Waals surface area contributed by atoms with Gasteiger partial charge in [0.05, 0.1) is 30.0 Å². The van der Waals surface area contributed by atoms with Crippen LogP contribution in [0.3, 0.4) is 0 Å². The van der Waals surface area contributed by atoms with Gasteiger partial charge in [0, 0.05) is 7.11 Å². The predicted molar refractivity (Wildman–Crippen MR) is 74.2 cm³/mol. The van der Waals surface area contributed by atoms with Crippen molar-refractivity contribution in [1.82, 2.24) is 10.3 Å². The largest absolute Gasteiger partial charge is 0.382 e. The van der Waals surface area contributed by atoms with Gasteiger partial charge in [-0.05, 0) is 12.1 Å². The van der Waals surface area contributed by atoms with Crippen molar-refractivity contribution in [2.45, 2.75) is 6.54 Å². The number of thiazole rings is 1. The Morgan fingerprint density at radius 3 is 3.00 bits per heavy atom. The van der Waals surface area contributed by atoms with E-state index in [9.17, 15) is 4.79 Å². The van der Waals surface area contributed by atoms with Crippen LogP contribution in [0.1, 0.15) is 5.01 Å². The Kier molecular flexibility index (Phi) is 5.26. The third-order valence-corrected chi connectivity index (χ3v) is 3.48. The molecule has 0 saturated heterocycles. The summed E-state index contributed by atoms with van der Waals surface area (Å²) in [6, 6.07) is 7.91. The van der Waals surface area contributed by atoms with E-state index < -0.39 is 0 Å².